The van der Waals surface area contributed by atoms with Crippen molar-refractivity contribution >= 4 is 26.9 Å². The number of imidazole rings is 1. The summed E-state index contributed by atoms with van der Waals surface area (Å²) in [6.07, 6.45) is 9.11. The van der Waals surface area contributed by atoms with E-state index in [0.29, 0.717) is 24.2 Å². The predicted octanol–water partition coefficient (Wildman–Crippen LogP) is 4.04. The van der Waals surface area contributed by atoms with Gasteiger partial charge >= 0.3 is 0 Å². The van der Waals surface area contributed by atoms with Gasteiger partial charge in [0.15, 0.2) is 5.82 Å². The molecule has 4 N–H and O–H groups in total. The molecule has 0 aliphatic heterocycles. The number of rotatable bonds is 9. The second-order valence-electron chi connectivity index (χ2n) is 8.86. The third kappa shape index (κ3) is 5.04. The van der Waals surface area contributed by atoms with Crippen LogP contribution in [0.5, 0.6) is 0 Å². The highest BCUT2D eigenvalue weighted by molar-refractivity contribution is 7.89. The van der Waals surface area contributed by atoms with E-state index < -0.39 is 15.8 Å². The van der Waals surface area contributed by atoms with Gasteiger partial charge in [-0.1, -0.05) is 13.3 Å². The van der Waals surface area contributed by atoms with Crippen molar-refractivity contribution in [3.8, 4) is 0 Å². The van der Waals surface area contributed by atoms with Gasteiger partial charge in [0, 0.05) is 18.7 Å². The molecule has 1 aliphatic rings. The zero-order valence-electron chi connectivity index (χ0n) is 19.1. The van der Waals surface area contributed by atoms with Crippen LogP contribution in [0.25, 0.3) is 11.0 Å². The number of sulfonamides is 1. The third-order valence-electron chi connectivity index (χ3n) is 6.43. The average molecular weight is 474 g/mol. The maximum absolute atomic E-state index is 13.7. The first-order valence-electron chi connectivity index (χ1n) is 11.8. The molecule has 178 valence electrons. The molecule has 0 atom stereocenters. The standard InChI is InChI=1S/C24H32FN5O2S/c1-2-3-11-21-29-22-23(18-9-4-5-10-19(18)28-24(22)26)30(21)14-7-6-8-16-15-17(25)12-13-20(16)33(27,31)32/h12-13,15H,2-11,14H2,1H3,(H2,26,28)(H2,27,31,32). The zero-order valence-corrected chi connectivity index (χ0v) is 19.9. The minimum absolute atomic E-state index is 0.00599. The molecule has 0 saturated heterocycles. The predicted molar refractivity (Wildman–Crippen MR) is 128 cm³/mol. The van der Waals surface area contributed by atoms with E-state index in [2.05, 4.69) is 16.5 Å². The molecular weight excluding hydrogens is 441 g/mol. The van der Waals surface area contributed by atoms with E-state index in [-0.39, 0.29) is 4.90 Å². The SMILES string of the molecule is CCCCc1nc2c(N)nc3c(c2n1CCCCc1cc(F)ccc1S(N)(=O)=O)CCCC3. The lowest BCUT2D eigenvalue weighted by Crippen LogP contribution is -2.15. The number of primary sulfonamides is 1. The molecule has 4 rings (SSSR count). The third-order valence-corrected chi connectivity index (χ3v) is 7.44. The van der Waals surface area contributed by atoms with Gasteiger partial charge < -0.3 is 10.3 Å². The van der Waals surface area contributed by atoms with Gasteiger partial charge in [0.2, 0.25) is 10.0 Å². The molecule has 3 aromatic rings. The fraction of sp³-hybridized carbons (Fsp3) is 0.500. The van der Waals surface area contributed by atoms with Gasteiger partial charge in [0.1, 0.15) is 17.2 Å². The quantitative estimate of drug-likeness (QED) is 0.455. The van der Waals surface area contributed by atoms with Gasteiger partial charge in [0.25, 0.3) is 0 Å². The molecule has 2 heterocycles. The summed E-state index contributed by atoms with van der Waals surface area (Å²) in [5.41, 5.74) is 11.0. The van der Waals surface area contributed by atoms with Gasteiger partial charge in [-0.3, -0.25) is 0 Å². The highest BCUT2D eigenvalue weighted by atomic mass is 32.2. The number of hydrogen-bond donors (Lipinski definition) is 2. The molecule has 1 aliphatic carbocycles. The molecule has 9 heteroatoms. The van der Waals surface area contributed by atoms with Crippen LogP contribution in [-0.2, 0) is 42.3 Å². The van der Waals surface area contributed by atoms with Crippen molar-refractivity contribution in [2.75, 3.05) is 5.73 Å². The number of nitrogens with two attached hydrogens (primary N) is 2. The Morgan fingerprint density at radius 2 is 1.88 bits per heavy atom. The van der Waals surface area contributed by atoms with Gasteiger partial charge in [-0.05, 0) is 80.7 Å². The normalized spacial score (nSPS) is 14.0. The number of aryl methyl sites for hydroxylation is 5. The lowest BCUT2D eigenvalue weighted by molar-refractivity contribution is 0.576. The molecule has 0 saturated carbocycles. The molecule has 0 amide bonds. The van der Waals surface area contributed by atoms with Crippen molar-refractivity contribution in [1.29, 1.82) is 0 Å². The number of fused-ring (bicyclic) bond motifs is 3. The summed E-state index contributed by atoms with van der Waals surface area (Å²) >= 11 is 0. The Hall–Kier alpha value is -2.52. The van der Waals surface area contributed by atoms with Crippen LogP contribution in [0.4, 0.5) is 10.2 Å². The van der Waals surface area contributed by atoms with Crippen LogP contribution in [-0.4, -0.2) is 23.0 Å². The van der Waals surface area contributed by atoms with E-state index >= 15 is 0 Å². The number of benzene rings is 1. The van der Waals surface area contributed by atoms with Gasteiger partial charge in [-0.15, -0.1) is 0 Å². The van der Waals surface area contributed by atoms with Crippen molar-refractivity contribution in [3.63, 3.8) is 0 Å². The Kier molecular flexibility index (Phi) is 6.99. The fourth-order valence-corrected chi connectivity index (χ4v) is 5.61. The zero-order chi connectivity index (χ0) is 23.6. The summed E-state index contributed by atoms with van der Waals surface area (Å²) < 4.78 is 39.8. The second kappa shape index (κ2) is 9.77. The Bertz CT molecular complexity index is 1270. The summed E-state index contributed by atoms with van der Waals surface area (Å²) in [7, 11) is -3.89. The first-order chi connectivity index (χ1) is 15.8. The molecule has 2 aromatic heterocycles. The monoisotopic (exact) mass is 473 g/mol. The molecular formula is C24H32FN5O2S. The highest BCUT2D eigenvalue weighted by Crippen LogP contribution is 2.32. The molecule has 0 bridgehead atoms. The Balaban J connectivity index is 1.60. The van der Waals surface area contributed by atoms with E-state index in [0.717, 1.165) is 86.5 Å². The number of nitrogens with zero attached hydrogens (tertiary/aromatic N) is 3. The summed E-state index contributed by atoms with van der Waals surface area (Å²) in [6.45, 7) is 2.90. The summed E-state index contributed by atoms with van der Waals surface area (Å²) in [5.74, 6) is 1.06. The van der Waals surface area contributed by atoms with E-state index in [1.54, 1.807) is 0 Å². The number of unbranched alkanes of at least 4 members (excludes halogenated alkanes) is 2. The van der Waals surface area contributed by atoms with Crippen molar-refractivity contribution in [3.05, 3.63) is 46.7 Å². The largest absolute Gasteiger partial charge is 0.382 e. The first kappa shape index (κ1) is 23.6. The molecule has 0 unspecified atom stereocenters. The van der Waals surface area contributed by atoms with Crippen LogP contribution in [0.1, 0.15) is 68.1 Å². The summed E-state index contributed by atoms with van der Waals surface area (Å²) in [5, 5.41) is 5.32. The molecule has 1 aromatic carbocycles. The van der Waals surface area contributed by atoms with Crippen LogP contribution >= 0.6 is 0 Å². The van der Waals surface area contributed by atoms with Crippen molar-refractivity contribution in [1.82, 2.24) is 14.5 Å². The van der Waals surface area contributed by atoms with E-state index in [1.807, 2.05) is 0 Å². The highest BCUT2D eigenvalue weighted by Gasteiger charge is 2.22. The van der Waals surface area contributed by atoms with Crippen molar-refractivity contribution < 1.29 is 12.8 Å². The van der Waals surface area contributed by atoms with E-state index in [9.17, 15) is 12.8 Å². The molecule has 33 heavy (non-hydrogen) atoms. The average Bonchev–Trinajstić information content (AvgIpc) is 3.14. The van der Waals surface area contributed by atoms with E-state index in [1.165, 1.54) is 17.7 Å². The van der Waals surface area contributed by atoms with E-state index in [4.69, 9.17) is 15.9 Å². The van der Waals surface area contributed by atoms with Crippen LogP contribution in [0.3, 0.4) is 0 Å². The van der Waals surface area contributed by atoms with Crippen LogP contribution in [0.15, 0.2) is 23.1 Å². The molecule has 7 nitrogen and oxygen atoms in total. The van der Waals surface area contributed by atoms with Gasteiger partial charge in [-0.2, -0.15) is 0 Å². The topological polar surface area (TPSA) is 117 Å². The van der Waals surface area contributed by atoms with Crippen LogP contribution in [0.2, 0.25) is 0 Å². The van der Waals surface area contributed by atoms with Gasteiger partial charge in [0.05, 0.1) is 10.4 Å². The van der Waals surface area contributed by atoms with Crippen LogP contribution in [0, 0.1) is 5.82 Å². The number of halogens is 1. The first-order valence-corrected chi connectivity index (χ1v) is 13.3. The Morgan fingerprint density at radius 1 is 1.09 bits per heavy atom. The van der Waals surface area contributed by atoms with Crippen molar-refractivity contribution in [2.24, 2.45) is 5.14 Å². The molecule has 0 radical (unpaired) electrons. The molecule has 0 spiro atoms. The lowest BCUT2D eigenvalue weighted by atomic mass is 9.95. The number of aromatic nitrogens is 3. The minimum Gasteiger partial charge on any atom is -0.382 e. The lowest BCUT2D eigenvalue weighted by Gasteiger charge is -2.18. The second-order valence-corrected chi connectivity index (χ2v) is 10.4. The maximum atomic E-state index is 13.7. The maximum Gasteiger partial charge on any atom is 0.238 e. The summed E-state index contributed by atoms with van der Waals surface area (Å²) in [6, 6.07) is 3.64. The number of hydrogen-bond acceptors (Lipinski definition) is 5. The Morgan fingerprint density at radius 3 is 2.64 bits per heavy atom. The number of nitrogen functional groups attached to an aromatic ring is 1. The number of anilines is 1. The smallest absolute Gasteiger partial charge is 0.238 e. The summed E-state index contributed by atoms with van der Waals surface area (Å²) in [4.78, 5) is 9.53. The van der Waals surface area contributed by atoms with Gasteiger partial charge in [-0.25, -0.2) is 27.9 Å². The minimum atomic E-state index is -3.89. The fourth-order valence-electron chi connectivity index (χ4n) is 4.82. The van der Waals surface area contributed by atoms with Crippen LogP contribution < -0.4 is 10.9 Å². The molecule has 0 fully saturated rings. The Labute approximate surface area is 194 Å². The van der Waals surface area contributed by atoms with Crippen molar-refractivity contribution in [2.45, 2.75) is 82.6 Å². The number of pyridine rings is 1.